The molecule has 0 radical (unpaired) electrons. The first-order chi connectivity index (χ1) is 11.6. The van der Waals surface area contributed by atoms with Crippen LogP contribution < -0.4 is 5.63 Å². The van der Waals surface area contributed by atoms with Crippen molar-refractivity contribution in [2.24, 2.45) is 11.8 Å². The fourth-order valence-corrected chi connectivity index (χ4v) is 3.62. The minimum atomic E-state index is -0.585. The summed E-state index contributed by atoms with van der Waals surface area (Å²) in [5, 5.41) is 11.0. The summed E-state index contributed by atoms with van der Waals surface area (Å²) in [6, 6.07) is 6.85. The lowest BCUT2D eigenvalue weighted by molar-refractivity contribution is -0.150. The SMILES string of the molecule is CCOC(=O)C(Cc1c(O)c2ccccc2oc1=O)C1CCCC1. The summed E-state index contributed by atoms with van der Waals surface area (Å²) < 4.78 is 10.5. The highest BCUT2D eigenvalue weighted by Crippen LogP contribution is 2.36. The topological polar surface area (TPSA) is 76.7 Å². The monoisotopic (exact) mass is 330 g/mol. The van der Waals surface area contributed by atoms with Crippen LogP contribution in [0, 0.1) is 11.8 Å². The minimum absolute atomic E-state index is 0.0888. The Morgan fingerprint density at radius 3 is 2.75 bits per heavy atom. The third-order valence-electron chi connectivity index (χ3n) is 4.86. The second-order valence-electron chi connectivity index (χ2n) is 6.32. The zero-order valence-corrected chi connectivity index (χ0v) is 13.8. The highest BCUT2D eigenvalue weighted by atomic mass is 16.5. The van der Waals surface area contributed by atoms with Gasteiger partial charge >= 0.3 is 11.6 Å². The van der Waals surface area contributed by atoms with Crippen molar-refractivity contribution in [2.45, 2.75) is 39.0 Å². The number of fused-ring (bicyclic) bond motifs is 1. The first-order valence-corrected chi connectivity index (χ1v) is 8.52. The van der Waals surface area contributed by atoms with Gasteiger partial charge in [-0.3, -0.25) is 4.79 Å². The minimum Gasteiger partial charge on any atom is -0.507 e. The standard InChI is InChI=1S/C19H22O5/c1-2-23-18(21)14(12-7-3-4-8-12)11-15-17(20)13-9-5-6-10-16(13)24-19(15)22/h5-6,9-10,12,14,20H,2-4,7-8,11H2,1H3. The van der Waals surface area contributed by atoms with Gasteiger partial charge in [-0.05, 0) is 44.2 Å². The molecule has 24 heavy (non-hydrogen) atoms. The number of esters is 1. The first-order valence-electron chi connectivity index (χ1n) is 8.52. The second-order valence-corrected chi connectivity index (χ2v) is 6.32. The van der Waals surface area contributed by atoms with Crippen LogP contribution in [0.3, 0.4) is 0 Å². The fraction of sp³-hybridized carbons (Fsp3) is 0.474. The zero-order chi connectivity index (χ0) is 17.1. The van der Waals surface area contributed by atoms with E-state index in [1.165, 1.54) is 0 Å². The van der Waals surface area contributed by atoms with Gasteiger partial charge in [-0.2, -0.15) is 0 Å². The third kappa shape index (κ3) is 3.16. The van der Waals surface area contributed by atoms with E-state index in [-0.39, 0.29) is 29.6 Å². The van der Waals surface area contributed by atoms with Gasteiger partial charge in [0.1, 0.15) is 11.3 Å². The molecule has 5 heteroatoms. The van der Waals surface area contributed by atoms with E-state index < -0.39 is 11.5 Å². The summed E-state index contributed by atoms with van der Waals surface area (Å²) in [5.74, 6) is -0.609. The maximum Gasteiger partial charge on any atom is 0.343 e. The lowest BCUT2D eigenvalue weighted by Crippen LogP contribution is -2.28. The quantitative estimate of drug-likeness (QED) is 0.671. The average molecular weight is 330 g/mol. The summed E-state index contributed by atoms with van der Waals surface area (Å²) in [6.07, 6.45) is 4.21. The molecule has 0 bridgehead atoms. The number of hydrogen-bond acceptors (Lipinski definition) is 5. The molecule has 0 aliphatic heterocycles. The van der Waals surface area contributed by atoms with E-state index >= 15 is 0 Å². The van der Waals surface area contributed by atoms with Crippen molar-refractivity contribution in [1.82, 2.24) is 0 Å². The average Bonchev–Trinajstić information content (AvgIpc) is 3.09. The van der Waals surface area contributed by atoms with E-state index in [4.69, 9.17) is 9.15 Å². The maximum absolute atomic E-state index is 12.4. The molecule has 1 heterocycles. The number of ether oxygens (including phenoxy) is 1. The Hall–Kier alpha value is -2.30. The molecule has 3 rings (SSSR count). The Balaban J connectivity index is 1.98. The van der Waals surface area contributed by atoms with E-state index in [0.717, 1.165) is 25.7 Å². The predicted octanol–water partition coefficient (Wildman–Crippen LogP) is 3.41. The van der Waals surface area contributed by atoms with Crippen molar-refractivity contribution in [2.75, 3.05) is 6.61 Å². The highest BCUT2D eigenvalue weighted by molar-refractivity contribution is 5.84. The number of carbonyl (C=O) groups excluding carboxylic acids is 1. The number of carbonyl (C=O) groups is 1. The molecule has 1 atom stereocenters. The summed E-state index contributed by atoms with van der Waals surface area (Å²) >= 11 is 0. The Kier molecular flexibility index (Phi) is 4.88. The van der Waals surface area contributed by atoms with Crippen LogP contribution in [0.5, 0.6) is 5.75 Å². The summed E-state index contributed by atoms with van der Waals surface area (Å²) in [6.45, 7) is 2.08. The van der Waals surface area contributed by atoms with Gasteiger partial charge in [-0.25, -0.2) is 4.79 Å². The number of hydrogen-bond donors (Lipinski definition) is 1. The van der Waals surface area contributed by atoms with Gasteiger partial charge in [0.2, 0.25) is 0 Å². The molecule has 5 nitrogen and oxygen atoms in total. The number of benzene rings is 1. The van der Waals surface area contributed by atoms with Gasteiger partial charge in [0.05, 0.1) is 23.5 Å². The number of rotatable bonds is 5. The van der Waals surface area contributed by atoms with Crippen LogP contribution in [0.15, 0.2) is 33.5 Å². The van der Waals surface area contributed by atoms with Crippen molar-refractivity contribution in [3.8, 4) is 5.75 Å². The molecule has 1 aromatic heterocycles. The van der Waals surface area contributed by atoms with Crippen LogP contribution in [0.1, 0.15) is 38.2 Å². The van der Waals surface area contributed by atoms with Crippen molar-refractivity contribution < 1.29 is 19.1 Å². The van der Waals surface area contributed by atoms with Crippen LogP contribution in [0.4, 0.5) is 0 Å². The number of para-hydroxylation sites is 1. The predicted molar refractivity (Wildman–Crippen MR) is 89.9 cm³/mol. The molecule has 0 amide bonds. The largest absolute Gasteiger partial charge is 0.507 e. The fourth-order valence-electron chi connectivity index (χ4n) is 3.62. The molecule has 1 unspecified atom stereocenters. The van der Waals surface area contributed by atoms with Crippen molar-refractivity contribution >= 4 is 16.9 Å². The molecule has 1 aliphatic rings. The maximum atomic E-state index is 12.4. The molecular formula is C19H22O5. The van der Waals surface area contributed by atoms with Crippen LogP contribution in [-0.2, 0) is 16.0 Å². The molecular weight excluding hydrogens is 308 g/mol. The Bertz CT molecular complexity index is 786. The number of aromatic hydroxyl groups is 1. The van der Waals surface area contributed by atoms with Crippen molar-refractivity contribution in [1.29, 1.82) is 0 Å². The molecule has 1 saturated carbocycles. The molecule has 2 aromatic rings. The molecule has 1 fully saturated rings. The first kappa shape index (κ1) is 16.6. The molecule has 1 N–H and O–H groups in total. The van der Waals surface area contributed by atoms with Crippen LogP contribution in [0.2, 0.25) is 0 Å². The third-order valence-corrected chi connectivity index (χ3v) is 4.86. The van der Waals surface area contributed by atoms with Gasteiger partial charge in [-0.1, -0.05) is 25.0 Å². The van der Waals surface area contributed by atoms with Crippen molar-refractivity contribution in [3.63, 3.8) is 0 Å². The molecule has 0 spiro atoms. The smallest absolute Gasteiger partial charge is 0.343 e. The van der Waals surface area contributed by atoms with Gasteiger partial charge in [0.15, 0.2) is 0 Å². The van der Waals surface area contributed by atoms with Crippen molar-refractivity contribution in [3.05, 3.63) is 40.2 Å². The van der Waals surface area contributed by atoms with Crippen LogP contribution >= 0.6 is 0 Å². The molecule has 0 saturated heterocycles. The van der Waals surface area contributed by atoms with E-state index in [9.17, 15) is 14.7 Å². The lowest BCUT2D eigenvalue weighted by atomic mass is 9.85. The van der Waals surface area contributed by atoms with E-state index in [1.807, 2.05) is 0 Å². The van der Waals surface area contributed by atoms with E-state index in [2.05, 4.69) is 0 Å². The Morgan fingerprint density at radius 1 is 1.33 bits per heavy atom. The van der Waals surface area contributed by atoms with E-state index in [0.29, 0.717) is 17.6 Å². The van der Waals surface area contributed by atoms with Gasteiger partial charge in [0, 0.05) is 0 Å². The summed E-state index contributed by atoms with van der Waals surface area (Å²) in [7, 11) is 0. The molecule has 1 aromatic carbocycles. The highest BCUT2D eigenvalue weighted by Gasteiger charge is 2.33. The lowest BCUT2D eigenvalue weighted by Gasteiger charge is -2.21. The van der Waals surface area contributed by atoms with Gasteiger partial charge in [0.25, 0.3) is 0 Å². The van der Waals surface area contributed by atoms with Gasteiger partial charge < -0.3 is 14.3 Å². The molecule has 128 valence electrons. The van der Waals surface area contributed by atoms with Crippen LogP contribution in [0.25, 0.3) is 11.0 Å². The Morgan fingerprint density at radius 2 is 2.04 bits per heavy atom. The summed E-state index contributed by atoms with van der Waals surface area (Å²) in [4.78, 5) is 24.7. The van der Waals surface area contributed by atoms with Crippen LogP contribution in [-0.4, -0.2) is 17.7 Å². The normalized spacial score (nSPS) is 16.4. The van der Waals surface area contributed by atoms with Gasteiger partial charge in [-0.15, -0.1) is 0 Å². The zero-order valence-electron chi connectivity index (χ0n) is 13.8. The second kappa shape index (κ2) is 7.07. The summed E-state index contributed by atoms with van der Waals surface area (Å²) in [5.41, 5.74) is -0.0746. The van der Waals surface area contributed by atoms with E-state index in [1.54, 1.807) is 31.2 Å². The Labute approximate surface area is 140 Å². The molecule has 1 aliphatic carbocycles.